The molecule has 0 bridgehead atoms. The van der Waals surface area contributed by atoms with Gasteiger partial charge >= 0.3 is 0 Å². The van der Waals surface area contributed by atoms with E-state index >= 15 is 0 Å². The maximum atomic E-state index is 12.4. The van der Waals surface area contributed by atoms with Gasteiger partial charge in [-0.3, -0.25) is 4.21 Å². The lowest BCUT2D eigenvalue weighted by atomic mass is 10.2. The smallest absolute Gasteiger partial charge is 0.0682 e. The first-order chi connectivity index (χ1) is 8.70. The molecule has 0 saturated heterocycles. The highest BCUT2D eigenvalue weighted by molar-refractivity contribution is 7.85. The van der Waals surface area contributed by atoms with Gasteiger partial charge in [0.25, 0.3) is 0 Å². The number of rotatable bonds is 5. The van der Waals surface area contributed by atoms with Crippen LogP contribution in [0, 0.1) is 0 Å². The number of hydrogen-bond acceptors (Lipinski definition) is 1. The van der Waals surface area contributed by atoms with Crippen molar-refractivity contribution in [3.05, 3.63) is 55.3 Å². The molecule has 0 aliphatic heterocycles. The van der Waals surface area contributed by atoms with Crippen molar-refractivity contribution < 1.29 is 4.21 Å². The first-order valence-corrected chi connectivity index (χ1v) is 7.19. The molecule has 0 saturated carbocycles. The molecule has 1 heterocycles. The first kappa shape index (κ1) is 12.8. The van der Waals surface area contributed by atoms with Crippen LogP contribution in [0.25, 0.3) is 10.9 Å². The monoisotopic (exact) mass is 259 g/mol. The number of allylic oxidation sites excluding steroid dienone is 1. The van der Waals surface area contributed by atoms with Crippen LogP contribution in [0.4, 0.5) is 0 Å². The fraction of sp³-hybridized carbons (Fsp3) is 0.200. The number of benzene rings is 1. The van der Waals surface area contributed by atoms with Crippen molar-refractivity contribution in [1.29, 1.82) is 0 Å². The normalized spacial score (nSPS) is 12.5. The van der Waals surface area contributed by atoms with E-state index in [9.17, 15) is 4.21 Å². The number of para-hydroxylation sites is 1. The highest BCUT2D eigenvalue weighted by Crippen LogP contribution is 2.29. The predicted octanol–water partition coefficient (Wildman–Crippen LogP) is 3.20. The van der Waals surface area contributed by atoms with Crippen molar-refractivity contribution in [2.24, 2.45) is 7.05 Å². The summed E-state index contributed by atoms with van der Waals surface area (Å²) in [6, 6.07) is 8.06. The third kappa shape index (κ3) is 2.06. The Balaban J connectivity index is 2.74. The van der Waals surface area contributed by atoms with Crippen molar-refractivity contribution in [3.8, 4) is 0 Å². The van der Waals surface area contributed by atoms with E-state index in [2.05, 4.69) is 23.8 Å². The van der Waals surface area contributed by atoms with Crippen molar-refractivity contribution >= 4 is 21.7 Å². The molecule has 0 amide bonds. The maximum Gasteiger partial charge on any atom is 0.0682 e. The molecule has 1 aromatic carbocycles. The third-order valence-electron chi connectivity index (χ3n) is 3.01. The quantitative estimate of drug-likeness (QED) is 0.756. The summed E-state index contributed by atoms with van der Waals surface area (Å²) < 4.78 is 14.5. The van der Waals surface area contributed by atoms with Gasteiger partial charge in [-0.15, -0.1) is 13.2 Å². The number of aromatic nitrogens is 1. The minimum absolute atomic E-state index is 0.484. The Morgan fingerprint density at radius 1 is 1.28 bits per heavy atom. The van der Waals surface area contributed by atoms with E-state index in [4.69, 9.17) is 0 Å². The van der Waals surface area contributed by atoms with Gasteiger partial charge in [0.15, 0.2) is 0 Å². The van der Waals surface area contributed by atoms with E-state index in [1.165, 1.54) is 0 Å². The second kappa shape index (κ2) is 5.36. The molecule has 0 aliphatic rings. The third-order valence-corrected chi connectivity index (χ3v) is 4.46. The van der Waals surface area contributed by atoms with Crippen LogP contribution in [0.2, 0.25) is 0 Å². The zero-order chi connectivity index (χ0) is 13.1. The van der Waals surface area contributed by atoms with Crippen LogP contribution in [0.5, 0.6) is 0 Å². The number of aryl methyl sites for hydroxylation is 1. The standard InChI is InChI=1S/C15H17NOS/c1-4-8-14-15(18(17)11-5-2)12-9-6-7-10-13(12)16(14)3/h4-7,9-10H,1-2,8,11H2,3H3/t18-/m0/s1. The Kier molecular flexibility index (Phi) is 3.82. The summed E-state index contributed by atoms with van der Waals surface area (Å²) in [5, 5.41) is 1.07. The summed E-state index contributed by atoms with van der Waals surface area (Å²) in [6.45, 7) is 7.45. The fourth-order valence-corrected chi connectivity index (χ4v) is 3.50. The van der Waals surface area contributed by atoms with Crippen LogP contribution in [0.3, 0.4) is 0 Å². The topological polar surface area (TPSA) is 22.0 Å². The minimum atomic E-state index is -1.04. The van der Waals surface area contributed by atoms with Crippen LogP contribution in [0.15, 0.2) is 54.5 Å². The molecule has 0 fully saturated rings. The predicted molar refractivity (Wildman–Crippen MR) is 78.3 cm³/mol. The van der Waals surface area contributed by atoms with E-state index in [1.807, 2.05) is 31.3 Å². The van der Waals surface area contributed by atoms with Crippen LogP contribution >= 0.6 is 0 Å². The van der Waals surface area contributed by atoms with Crippen molar-refractivity contribution in [2.75, 3.05) is 5.75 Å². The Morgan fingerprint density at radius 3 is 2.67 bits per heavy atom. The lowest BCUT2D eigenvalue weighted by molar-refractivity contribution is 0.684. The van der Waals surface area contributed by atoms with Crippen LogP contribution in [-0.4, -0.2) is 14.5 Å². The van der Waals surface area contributed by atoms with E-state index in [-0.39, 0.29) is 0 Å². The molecule has 0 unspecified atom stereocenters. The summed E-state index contributed by atoms with van der Waals surface area (Å²) in [4.78, 5) is 0.924. The highest BCUT2D eigenvalue weighted by Gasteiger charge is 2.17. The Bertz CT molecular complexity index is 625. The van der Waals surface area contributed by atoms with Gasteiger partial charge in [-0.1, -0.05) is 30.4 Å². The fourth-order valence-electron chi connectivity index (χ4n) is 2.22. The van der Waals surface area contributed by atoms with Gasteiger partial charge in [0.2, 0.25) is 0 Å². The number of hydrogen-bond donors (Lipinski definition) is 0. The molecule has 2 rings (SSSR count). The molecule has 1 atom stereocenters. The summed E-state index contributed by atoms with van der Waals surface area (Å²) in [5.74, 6) is 0.484. The summed E-state index contributed by atoms with van der Waals surface area (Å²) in [6.07, 6.45) is 4.28. The zero-order valence-electron chi connectivity index (χ0n) is 10.6. The summed E-state index contributed by atoms with van der Waals surface area (Å²) in [7, 11) is 0.973. The van der Waals surface area contributed by atoms with Gasteiger partial charge in [0.05, 0.1) is 15.7 Å². The Morgan fingerprint density at radius 2 is 2.00 bits per heavy atom. The summed E-state index contributed by atoms with van der Waals surface area (Å²) in [5.41, 5.74) is 2.19. The molecule has 0 aliphatic carbocycles. The van der Waals surface area contributed by atoms with Crippen molar-refractivity contribution in [2.45, 2.75) is 11.3 Å². The molecule has 1 aromatic heterocycles. The number of fused-ring (bicyclic) bond motifs is 1. The van der Waals surface area contributed by atoms with Crippen molar-refractivity contribution in [1.82, 2.24) is 4.57 Å². The molecular formula is C15H17NOS. The molecule has 94 valence electrons. The zero-order valence-corrected chi connectivity index (χ0v) is 11.4. The second-order valence-electron chi connectivity index (χ2n) is 4.15. The lowest BCUT2D eigenvalue weighted by Gasteiger charge is -2.04. The summed E-state index contributed by atoms with van der Waals surface area (Å²) >= 11 is 0. The lowest BCUT2D eigenvalue weighted by Crippen LogP contribution is -2.01. The molecule has 0 spiro atoms. The molecule has 2 aromatic rings. The minimum Gasteiger partial charge on any atom is -0.346 e. The van der Waals surface area contributed by atoms with E-state index in [0.717, 1.165) is 27.9 Å². The SMILES string of the molecule is C=CCc1c([S@@](=O)CC=C)c2ccccc2n1C. The van der Waals surface area contributed by atoms with Crippen LogP contribution in [0.1, 0.15) is 5.69 Å². The van der Waals surface area contributed by atoms with Gasteiger partial charge in [-0.25, -0.2) is 0 Å². The Labute approximate surface area is 110 Å². The molecule has 2 nitrogen and oxygen atoms in total. The van der Waals surface area contributed by atoms with E-state index < -0.39 is 10.8 Å². The van der Waals surface area contributed by atoms with Gasteiger partial charge in [0, 0.05) is 35.8 Å². The van der Waals surface area contributed by atoms with Crippen molar-refractivity contribution in [3.63, 3.8) is 0 Å². The molecule has 0 radical (unpaired) electrons. The molecule has 3 heteroatoms. The maximum absolute atomic E-state index is 12.4. The highest BCUT2D eigenvalue weighted by atomic mass is 32.2. The average Bonchev–Trinajstić information content (AvgIpc) is 2.65. The first-order valence-electron chi connectivity index (χ1n) is 5.87. The van der Waals surface area contributed by atoms with E-state index in [1.54, 1.807) is 6.08 Å². The average molecular weight is 259 g/mol. The Hall–Kier alpha value is -1.61. The molecular weight excluding hydrogens is 242 g/mol. The van der Waals surface area contributed by atoms with Gasteiger partial charge in [-0.2, -0.15) is 0 Å². The van der Waals surface area contributed by atoms with Gasteiger partial charge in [0.1, 0.15) is 0 Å². The van der Waals surface area contributed by atoms with Crippen LogP contribution in [-0.2, 0) is 24.3 Å². The van der Waals surface area contributed by atoms with E-state index in [0.29, 0.717) is 5.75 Å². The van der Waals surface area contributed by atoms with Crippen LogP contribution < -0.4 is 0 Å². The second-order valence-corrected chi connectivity index (χ2v) is 5.58. The largest absolute Gasteiger partial charge is 0.346 e. The number of nitrogens with zero attached hydrogens (tertiary/aromatic N) is 1. The molecule has 18 heavy (non-hydrogen) atoms. The van der Waals surface area contributed by atoms with Gasteiger partial charge < -0.3 is 4.57 Å². The van der Waals surface area contributed by atoms with Gasteiger partial charge in [-0.05, 0) is 6.07 Å². The molecule has 0 N–H and O–H groups in total.